The van der Waals surface area contributed by atoms with Gasteiger partial charge in [0.1, 0.15) is 0 Å². The van der Waals surface area contributed by atoms with E-state index in [0.29, 0.717) is 32.2 Å². The first-order valence-electron chi connectivity index (χ1n) is 9.36. The zero-order valence-corrected chi connectivity index (χ0v) is 16.2. The molecular formula is C20H25N3O2S. The number of carbonyl (C=O) groups is 2. The van der Waals surface area contributed by atoms with Crippen LogP contribution in [0.4, 0.5) is 0 Å². The molecule has 4 rings (SSSR count). The molecule has 2 aliphatic rings. The van der Waals surface area contributed by atoms with Crippen LogP contribution in [0.1, 0.15) is 56.7 Å². The molecule has 3 heterocycles. The van der Waals surface area contributed by atoms with Crippen molar-refractivity contribution in [3.63, 3.8) is 0 Å². The summed E-state index contributed by atoms with van der Waals surface area (Å²) in [5.74, 6) is 0.191. The van der Waals surface area contributed by atoms with E-state index in [9.17, 15) is 9.59 Å². The maximum atomic E-state index is 13.1. The quantitative estimate of drug-likeness (QED) is 0.829. The number of aromatic nitrogens is 1. The molecule has 1 aliphatic heterocycles. The number of aryl methyl sites for hydroxylation is 1. The van der Waals surface area contributed by atoms with Crippen molar-refractivity contribution in [2.24, 2.45) is 0 Å². The number of hydrogen-bond donors (Lipinski definition) is 0. The third-order valence-corrected chi connectivity index (χ3v) is 6.29. The van der Waals surface area contributed by atoms with E-state index in [2.05, 4.69) is 18.4 Å². The zero-order chi connectivity index (χ0) is 18.3. The van der Waals surface area contributed by atoms with Crippen LogP contribution < -0.4 is 0 Å². The standard InChI is InChI=1S/C20H25N3O2S/c1-14-13-17(15(2)23(14)16-6-7-16)19(24)21-8-4-9-22(11-10-21)20(25)18-5-3-12-26-18/h3,5,12-13,16H,4,6-11H2,1-2H3. The van der Waals surface area contributed by atoms with E-state index in [1.165, 1.54) is 29.9 Å². The Morgan fingerprint density at radius 1 is 1.04 bits per heavy atom. The molecule has 1 aliphatic carbocycles. The van der Waals surface area contributed by atoms with Gasteiger partial charge in [0.15, 0.2) is 0 Å². The molecular weight excluding hydrogens is 346 g/mol. The summed E-state index contributed by atoms with van der Waals surface area (Å²) in [7, 11) is 0. The fourth-order valence-corrected chi connectivity index (χ4v) is 4.63. The maximum Gasteiger partial charge on any atom is 0.263 e. The van der Waals surface area contributed by atoms with Crippen molar-refractivity contribution in [2.75, 3.05) is 26.2 Å². The lowest BCUT2D eigenvalue weighted by Crippen LogP contribution is -2.37. The molecule has 0 unspecified atom stereocenters. The topological polar surface area (TPSA) is 45.6 Å². The normalized spacial score (nSPS) is 18.1. The lowest BCUT2D eigenvalue weighted by atomic mass is 10.2. The molecule has 0 bridgehead atoms. The highest BCUT2D eigenvalue weighted by Crippen LogP contribution is 2.38. The van der Waals surface area contributed by atoms with Gasteiger partial charge in [0, 0.05) is 43.6 Å². The predicted molar refractivity (Wildman–Crippen MR) is 103 cm³/mol. The van der Waals surface area contributed by atoms with Gasteiger partial charge in [0.05, 0.1) is 10.4 Å². The predicted octanol–water partition coefficient (Wildman–Crippen LogP) is 3.49. The molecule has 2 aromatic rings. The molecule has 2 amide bonds. The van der Waals surface area contributed by atoms with E-state index in [0.717, 1.165) is 22.6 Å². The van der Waals surface area contributed by atoms with Gasteiger partial charge >= 0.3 is 0 Å². The number of hydrogen-bond acceptors (Lipinski definition) is 3. The highest BCUT2D eigenvalue weighted by molar-refractivity contribution is 7.12. The summed E-state index contributed by atoms with van der Waals surface area (Å²) < 4.78 is 2.32. The van der Waals surface area contributed by atoms with E-state index in [1.807, 2.05) is 33.4 Å². The summed E-state index contributed by atoms with van der Waals surface area (Å²) in [6.45, 7) is 6.77. The largest absolute Gasteiger partial charge is 0.345 e. The average molecular weight is 372 g/mol. The van der Waals surface area contributed by atoms with Crippen LogP contribution >= 0.6 is 11.3 Å². The van der Waals surface area contributed by atoms with Gasteiger partial charge in [-0.25, -0.2) is 0 Å². The maximum absolute atomic E-state index is 13.1. The molecule has 2 aromatic heterocycles. The second-order valence-electron chi connectivity index (χ2n) is 7.30. The number of rotatable bonds is 3. The molecule has 138 valence electrons. The lowest BCUT2D eigenvalue weighted by Gasteiger charge is -2.22. The SMILES string of the molecule is Cc1cc(C(=O)N2CCCN(C(=O)c3cccs3)CC2)c(C)n1C1CC1. The fraction of sp³-hybridized carbons (Fsp3) is 0.500. The molecule has 0 N–H and O–H groups in total. The second-order valence-corrected chi connectivity index (χ2v) is 8.25. The van der Waals surface area contributed by atoms with E-state index in [1.54, 1.807) is 0 Å². The molecule has 0 radical (unpaired) electrons. The first kappa shape index (κ1) is 17.3. The van der Waals surface area contributed by atoms with E-state index < -0.39 is 0 Å². The highest BCUT2D eigenvalue weighted by Gasteiger charge is 2.30. The van der Waals surface area contributed by atoms with Crippen LogP contribution in [0.5, 0.6) is 0 Å². The van der Waals surface area contributed by atoms with Crippen LogP contribution in [-0.2, 0) is 0 Å². The van der Waals surface area contributed by atoms with Crippen molar-refractivity contribution in [3.05, 3.63) is 45.4 Å². The van der Waals surface area contributed by atoms with E-state index >= 15 is 0 Å². The van der Waals surface area contributed by atoms with Gasteiger partial charge in [0.25, 0.3) is 11.8 Å². The smallest absolute Gasteiger partial charge is 0.263 e. The Hall–Kier alpha value is -2.08. The Morgan fingerprint density at radius 3 is 2.35 bits per heavy atom. The summed E-state index contributed by atoms with van der Waals surface area (Å²) in [5.41, 5.74) is 3.09. The van der Waals surface area contributed by atoms with Crippen LogP contribution in [0.15, 0.2) is 23.6 Å². The van der Waals surface area contributed by atoms with Crippen LogP contribution in [0, 0.1) is 13.8 Å². The Morgan fingerprint density at radius 2 is 1.73 bits per heavy atom. The molecule has 1 saturated carbocycles. The minimum atomic E-state index is 0.0845. The Kier molecular flexibility index (Phi) is 4.61. The van der Waals surface area contributed by atoms with Crippen LogP contribution in [0.25, 0.3) is 0 Å². The number of amides is 2. The summed E-state index contributed by atoms with van der Waals surface area (Å²) in [5, 5.41) is 1.93. The molecule has 5 nitrogen and oxygen atoms in total. The van der Waals surface area contributed by atoms with E-state index in [-0.39, 0.29) is 11.8 Å². The summed E-state index contributed by atoms with van der Waals surface area (Å²) in [6.07, 6.45) is 3.26. The van der Waals surface area contributed by atoms with Gasteiger partial charge in [-0.05, 0) is 50.6 Å². The lowest BCUT2D eigenvalue weighted by molar-refractivity contribution is 0.0720. The van der Waals surface area contributed by atoms with Gasteiger partial charge in [-0.1, -0.05) is 6.07 Å². The van der Waals surface area contributed by atoms with Crippen molar-refractivity contribution in [2.45, 2.75) is 39.2 Å². The molecule has 2 fully saturated rings. The summed E-state index contributed by atoms with van der Waals surface area (Å²) in [6, 6.07) is 6.39. The zero-order valence-electron chi connectivity index (χ0n) is 15.4. The molecule has 0 spiro atoms. The van der Waals surface area contributed by atoms with Crippen molar-refractivity contribution < 1.29 is 9.59 Å². The fourth-order valence-electron chi connectivity index (χ4n) is 3.94. The monoisotopic (exact) mass is 371 g/mol. The van der Waals surface area contributed by atoms with Crippen LogP contribution in [0.2, 0.25) is 0 Å². The van der Waals surface area contributed by atoms with Crippen molar-refractivity contribution in [1.82, 2.24) is 14.4 Å². The minimum Gasteiger partial charge on any atom is -0.345 e. The van der Waals surface area contributed by atoms with Gasteiger partial charge in [0.2, 0.25) is 0 Å². The van der Waals surface area contributed by atoms with Crippen LogP contribution in [-0.4, -0.2) is 52.4 Å². The molecule has 0 aromatic carbocycles. The Bertz CT molecular complexity index is 820. The van der Waals surface area contributed by atoms with E-state index in [4.69, 9.17) is 0 Å². The summed E-state index contributed by atoms with van der Waals surface area (Å²) in [4.78, 5) is 30.2. The van der Waals surface area contributed by atoms with Crippen molar-refractivity contribution >= 4 is 23.2 Å². The number of thiophene rings is 1. The molecule has 0 atom stereocenters. The first-order chi connectivity index (χ1) is 12.6. The van der Waals surface area contributed by atoms with Gasteiger partial charge in [-0.3, -0.25) is 9.59 Å². The van der Waals surface area contributed by atoms with Gasteiger partial charge in [-0.15, -0.1) is 11.3 Å². The van der Waals surface area contributed by atoms with Crippen LogP contribution in [0.3, 0.4) is 0 Å². The highest BCUT2D eigenvalue weighted by atomic mass is 32.1. The Balaban J connectivity index is 1.46. The first-order valence-corrected chi connectivity index (χ1v) is 10.2. The summed E-state index contributed by atoms with van der Waals surface area (Å²) >= 11 is 1.48. The second kappa shape index (κ2) is 6.91. The van der Waals surface area contributed by atoms with Gasteiger partial charge < -0.3 is 14.4 Å². The molecule has 26 heavy (non-hydrogen) atoms. The average Bonchev–Trinajstić information content (AvgIpc) is 3.29. The molecule has 6 heteroatoms. The van der Waals surface area contributed by atoms with Crippen molar-refractivity contribution in [3.8, 4) is 0 Å². The minimum absolute atomic E-state index is 0.0845. The molecule has 1 saturated heterocycles. The number of nitrogens with zero attached hydrogens (tertiary/aromatic N) is 3. The third kappa shape index (κ3) is 3.18. The van der Waals surface area contributed by atoms with Gasteiger partial charge in [-0.2, -0.15) is 0 Å². The Labute approximate surface area is 158 Å². The third-order valence-electron chi connectivity index (χ3n) is 5.43. The number of carbonyl (C=O) groups excluding carboxylic acids is 2. The van der Waals surface area contributed by atoms with Crippen molar-refractivity contribution in [1.29, 1.82) is 0 Å².